The molecule has 1 aromatic rings. The summed E-state index contributed by atoms with van der Waals surface area (Å²) >= 11 is 0. The van der Waals surface area contributed by atoms with Gasteiger partial charge in [-0.2, -0.15) is 17.0 Å². The van der Waals surface area contributed by atoms with Gasteiger partial charge in [0.25, 0.3) is 10.2 Å². The predicted octanol–water partition coefficient (Wildman–Crippen LogP) is 0.867. The maximum absolute atomic E-state index is 12.6. The predicted molar refractivity (Wildman–Crippen MR) is 76.2 cm³/mol. The molecule has 1 fully saturated rings. The van der Waals surface area contributed by atoms with Crippen LogP contribution in [0, 0.1) is 0 Å². The van der Waals surface area contributed by atoms with Crippen LogP contribution in [0.3, 0.4) is 0 Å². The molecule has 0 N–H and O–H groups in total. The maximum Gasteiger partial charge on any atom is 0.282 e. The highest BCUT2D eigenvalue weighted by molar-refractivity contribution is 7.86. The van der Waals surface area contributed by atoms with Crippen molar-refractivity contribution in [3.63, 3.8) is 0 Å². The number of aromatic nitrogens is 1. The molecule has 0 aliphatic carbocycles. The molecule has 1 saturated heterocycles. The van der Waals surface area contributed by atoms with Gasteiger partial charge < -0.3 is 4.74 Å². The Balaban J connectivity index is 2.09. The van der Waals surface area contributed by atoms with Gasteiger partial charge in [0.15, 0.2) is 0 Å². The zero-order valence-corrected chi connectivity index (χ0v) is 12.9. The lowest BCUT2D eigenvalue weighted by molar-refractivity contribution is -0.0453. The second-order valence-corrected chi connectivity index (χ2v) is 7.23. The minimum atomic E-state index is -3.47. The first-order valence-corrected chi connectivity index (χ1v) is 8.05. The summed E-state index contributed by atoms with van der Waals surface area (Å²) in [5.41, 5.74) is 0.868. The molecule has 20 heavy (non-hydrogen) atoms. The monoisotopic (exact) mass is 299 g/mol. The first-order valence-electron chi connectivity index (χ1n) is 6.65. The van der Waals surface area contributed by atoms with Crippen molar-refractivity contribution in [3.8, 4) is 0 Å². The smallest absolute Gasteiger partial charge is 0.282 e. The molecule has 0 amide bonds. The Labute approximate surface area is 120 Å². The van der Waals surface area contributed by atoms with Crippen LogP contribution in [0.2, 0.25) is 0 Å². The van der Waals surface area contributed by atoms with E-state index in [0.29, 0.717) is 19.6 Å². The fraction of sp³-hybridized carbons (Fsp3) is 0.615. The first kappa shape index (κ1) is 15.4. The number of pyridine rings is 1. The van der Waals surface area contributed by atoms with Crippen LogP contribution in [0.5, 0.6) is 0 Å². The Morgan fingerprint density at radius 2 is 2.05 bits per heavy atom. The number of nitrogens with zero attached hydrogens (tertiary/aromatic N) is 3. The third-order valence-corrected chi connectivity index (χ3v) is 5.10. The van der Waals surface area contributed by atoms with E-state index >= 15 is 0 Å². The van der Waals surface area contributed by atoms with Crippen LogP contribution >= 0.6 is 0 Å². The van der Waals surface area contributed by atoms with Gasteiger partial charge >= 0.3 is 0 Å². The van der Waals surface area contributed by atoms with Crippen molar-refractivity contribution in [3.05, 3.63) is 30.1 Å². The molecule has 0 aromatic carbocycles. The van der Waals surface area contributed by atoms with E-state index in [9.17, 15) is 8.42 Å². The quantitative estimate of drug-likeness (QED) is 0.827. The molecule has 0 radical (unpaired) electrons. The Morgan fingerprint density at radius 1 is 1.40 bits per heavy atom. The minimum absolute atomic E-state index is 0.0830. The second-order valence-electron chi connectivity index (χ2n) is 5.20. The average Bonchev–Trinajstić information content (AvgIpc) is 2.38. The number of morpholine rings is 1. The van der Waals surface area contributed by atoms with Gasteiger partial charge in [-0.1, -0.05) is 6.07 Å². The Morgan fingerprint density at radius 3 is 2.60 bits per heavy atom. The van der Waals surface area contributed by atoms with Crippen molar-refractivity contribution in [2.45, 2.75) is 32.6 Å². The van der Waals surface area contributed by atoms with E-state index in [0.717, 1.165) is 5.56 Å². The van der Waals surface area contributed by atoms with Gasteiger partial charge in [0.1, 0.15) is 0 Å². The Bertz CT molecular complexity index is 525. The SMILES string of the molecule is C[C@@H]1CN(S(=O)(=O)N(C)Cc2cccnc2)C[C@@H](C)O1. The highest BCUT2D eigenvalue weighted by atomic mass is 32.2. The van der Waals surface area contributed by atoms with E-state index in [1.165, 1.54) is 8.61 Å². The second kappa shape index (κ2) is 6.17. The molecule has 7 heteroatoms. The molecule has 2 heterocycles. The summed E-state index contributed by atoms with van der Waals surface area (Å²) in [5.74, 6) is 0. The van der Waals surface area contributed by atoms with E-state index in [1.807, 2.05) is 19.9 Å². The van der Waals surface area contributed by atoms with Crippen molar-refractivity contribution >= 4 is 10.2 Å². The Hall–Kier alpha value is -1.02. The van der Waals surface area contributed by atoms with E-state index < -0.39 is 10.2 Å². The molecule has 2 rings (SSSR count). The summed E-state index contributed by atoms with van der Waals surface area (Å²) in [6.07, 6.45) is 3.18. The summed E-state index contributed by atoms with van der Waals surface area (Å²) in [4.78, 5) is 4.00. The van der Waals surface area contributed by atoms with Crippen LogP contribution in [-0.2, 0) is 21.5 Å². The summed E-state index contributed by atoms with van der Waals surface area (Å²) in [6.45, 7) is 4.88. The summed E-state index contributed by atoms with van der Waals surface area (Å²) in [5, 5.41) is 0. The molecule has 0 spiro atoms. The molecule has 1 aliphatic heterocycles. The van der Waals surface area contributed by atoms with Crippen molar-refractivity contribution < 1.29 is 13.2 Å². The van der Waals surface area contributed by atoms with E-state index in [4.69, 9.17) is 4.74 Å². The largest absolute Gasteiger partial charge is 0.373 e. The lowest BCUT2D eigenvalue weighted by Crippen LogP contribution is -2.52. The standard InChI is InChI=1S/C13H21N3O3S/c1-11-8-16(9-12(2)19-11)20(17,18)15(3)10-13-5-4-6-14-7-13/h4-7,11-12H,8-10H2,1-3H3/t11-,12-/m1/s1. The zero-order chi connectivity index (χ0) is 14.8. The van der Waals surface area contributed by atoms with Gasteiger partial charge in [-0.25, -0.2) is 0 Å². The number of ether oxygens (including phenoxy) is 1. The number of hydrogen-bond acceptors (Lipinski definition) is 4. The molecule has 6 nitrogen and oxygen atoms in total. The molecule has 1 aliphatic rings. The topological polar surface area (TPSA) is 62.7 Å². The molecule has 0 bridgehead atoms. The van der Waals surface area contributed by atoms with Gasteiger partial charge in [-0.15, -0.1) is 0 Å². The number of hydrogen-bond donors (Lipinski definition) is 0. The fourth-order valence-electron chi connectivity index (χ4n) is 2.35. The lowest BCUT2D eigenvalue weighted by Gasteiger charge is -2.36. The lowest BCUT2D eigenvalue weighted by atomic mass is 10.3. The van der Waals surface area contributed by atoms with Gasteiger partial charge in [0.2, 0.25) is 0 Å². The first-order chi connectivity index (χ1) is 9.39. The summed E-state index contributed by atoms with van der Waals surface area (Å²) < 4.78 is 33.5. The van der Waals surface area contributed by atoms with Crippen LogP contribution in [0.15, 0.2) is 24.5 Å². The van der Waals surface area contributed by atoms with Gasteiger partial charge in [-0.05, 0) is 25.5 Å². The normalized spacial score (nSPS) is 25.0. The van der Waals surface area contributed by atoms with Crippen molar-refractivity contribution in [1.82, 2.24) is 13.6 Å². The fourth-order valence-corrected chi connectivity index (χ4v) is 3.85. The summed E-state index contributed by atoms with van der Waals surface area (Å²) in [6, 6.07) is 3.66. The van der Waals surface area contributed by atoms with E-state index in [-0.39, 0.29) is 12.2 Å². The van der Waals surface area contributed by atoms with E-state index in [2.05, 4.69) is 4.98 Å². The van der Waals surface area contributed by atoms with Crippen LogP contribution < -0.4 is 0 Å². The molecule has 1 aromatic heterocycles. The number of rotatable bonds is 4. The van der Waals surface area contributed by atoms with Gasteiger partial charge in [-0.3, -0.25) is 4.98 Å². The minimum Gasteiger partial charge on any atom is -0.373 e. The molecule has 0 unspecified atom stereocenters. The third-order valence-electron chi connectivity index (χ3n) is 3.23. The zero-order valence-electron chi connectivity index (χ0n) is 12.1. The summed E-state index contributed by atoms with van der Waals surface area (Å²) in [7, 11) is -1.88. The van der Waals surface area contributed by atoms with Crippen molar-refractivity contribution in [2.24, 2.45) is 0 Å². The maximum atomic E-state index is 12.6. The molecule has 2 atom stereocenters. The van der Waals surface area contributed by atoms with Gasteiger partial charge in [0.05, 0.1) is 12.2 Å². The molecule has 112 valence electrons. The molecule has 0 saturated carbocycles. The molecular formula is C13H21N3O3S. The van der Waals surface area contributed by atoms with Crippen LogP contribution in [0.4, 0.5) is 0 Å². The van der Waals surface area contributed by atoms with Crippen molar-refractivity contribution in [1.29, 1.82) is 0 Å². The third kappa shape index (κ3) is 3.54. The van der Waals surface area contributed by atoms with Crippen LogP contribution in [0.1, 0.15) is 19.4 Å². The van der Waals surface area contributed by atoms with E-state index in [1.54, 1.807) is 25.5 Å². The van der Waals surface area contributed by atoms with Crippen LogP contribution in [-0.4, -0.2) is 54.4 Å². The Kier molecular flexibility index (Phi) is 4.74. The average molecular weight is 299 g/mol. The highest BCUT2D eigenvalue weighted by Crippen LogP contribution is 2.17. The van der Waals surface area contributed by atoms with Crippen LogP contribution in [0.25, 0.3) is 0 Å². The highest BCUT2D eigenvalue weighted by Gasteiger charge is 2.33. The van der Waals surface area contributed by atoms with Gasteiger partial charge in [0, 0.05) is 39.1 Å². The van der Waals surface area contributed by atoms with Crippen molar-refractivity contribution in [2.75, 3.05) is 20.1 Å². The molecular weight excluding hydrogens is 278 g/mol.